The van der Waals surface area contributed by atoms with Gasteiger partial charge in [-0.3, -0.25) is 10.1 Å². The van der Waals surface area contributed by atoms with Gasteiger partial charge in [0.2, 0.25) is 0 Å². The van der Waals surface area contributed by atoms with Crippen LogP contribution in [0.5, 0.6) is 0 Å². The summed E-state index contributed by atoms with van der Waals surface area (Å²) < 4.78 is 0. The number of hydrogen-bond acceptors (Lipinski definition) is 4. The molecule has 0 heterocycles. The van der Waals surface area contributed by atoms with Gasteiger partial charge < -0.3 is 10.6 Å². The van der Waals surface area contributed by atoms with Crippen LogP contribution in [-0.2, 0) is 0 Å². The Labute approximate surface area is 107 Å². The second kappa shape index (κ2) is 5.82. The van der Waals surface area contributed by atoms with E-state index in [4.69, 9.17) is 0 Å². The lowest BCUT2D eigenvalue weighted by atomic mass is 10.1. The van der Waals surface area contributed by atoms with Crippen molar-refractivity contribution in [3.63, 3.8) is 0 Å². The maximum Gasteiger partial charge on any atom is 0.295 e. The van der Waals surface area contributed by atoms with Crippen LogP contribution in [0.15, 0.2) is 18.2 Å². The monoisotopic (exact) mass is 249 g/mol. The number of nitrogens with zero attached hydrogens (tertiary/aromatic N) is 1. The Morgan fingerprint density at radius 1 is 1.39 bits per heavy atom. The average molecular weight is 249 g/mol. The van der Waals surface area contributed by atoms with Crippen molar-refractivity contribution in [3.05, 3.63) is 33.9 Å². The molecule has 5 nitrogen and oxygen atoms in total. The predicted octanol–water partition coefficient (Wildman–Crippen LogP) is 2.46. The van der Waals surface area contributed by atoms with Crippen LogP contribution < -0.4 is 10.6 Å². The molecular weight excluding hydrogens is 230 g/mol. The van der Waals surface area contributed by atoms with Gasteiger partial charge in [-0.2, -0.15) is 0 Å². The van der Waals surface area contributed by atoms with Crippen molar-refractivity contribution in [2.75, 3.05) is 18.4 Å². The van der Waals surface area contributed by atoms with Crippen molar-refractivity contribution < 1.29 is 4.92 Å². The van der Waals surface area contributed by atoms with E-state index in [1.54, 1.807) is 19.1 Å². The van der Waals surface area contributed by atoms with E-state index in [2.05, 4.69) is 10.6 Å². The summed E-state index contributed by atoms with van der Waals surface area (Å²) in [5.41, 5.74) is 1.50. The van der Waals surface area contributed by atoms with Crippen molar-refractivity contribution in [1.29, 1.82) is 0 Å². The third-order valence-electron chi connectivity index (χ3n) is 3.10. The predicted molar refractivity (Wildman–Crippen MR) is 72.0 cm³/mol. The van der Waals surface area contributed by atoms with Crippen molar-refractivity contribution in [2.45, 2.75) is 32.2 Å². The smallest absolute Gasteiger partial charge is 0.295 e. The summed E-state index contributed by atoms with van der Waals surface area (Å²) in [4.78, 5) is 10.7. The quantitative estimate of drug-likeness (QED) is 0.442. The highest BCUT2D eigenvalue weighted by Crippen LogP contribution is 2.27. The van der Waals surface area contributed by atoms with E-state index in [-0.39, 0.29) is 10.6 Å². The summed E-state index contributed by atoms with van der Waals surface area (Å²) in [5, 5.41) is 17.5. The SMILES string of the molecule is Cc1cccc(NCCCNC2CC2)c1[N+](=O)[O-]. The highest BCUT2D eigenvalue weighted by molar-refractivity contribution is 5.64. The van der Waals surface area contributed by atoms with Crippen LogP contribution in [0.2, 0.25) is 0 Å². The minimum absolute atomic E-state index is 0.188. The number of para-hydroxylation sites is 1. The molecule has 0 amide bonds. The van der Waals surface area contributed by atoms with Crippen LogP contribution >= 0.6 is 0 Å². The molecule has 2 rings (SSSR count). The maximum absolute atomic E-state index is 11.0. The van der Waals surface area contributed by atoms with Gasteiger partial charge >= 0.3 is 0 Å². The van der Waals surface area contributed by atoms with E-state index in [1.165, 1.54) is 12.8 Å². The fourth-order valence-electron chi connectivity index (χ4n) is 1.95. The van der Waals surface area contributed by atoms with Gasteiger partial charge in [0, 0.05) is 18.2 Å². The molecule has 0 spiro atoms. The van der Waals surface area contributed by atoms with Gasteiger partial charge in [0.15, 0.2) is 0 Å². The zero-order chi connectivity index (χ0) is 13.0. The Hall–Kier alpha value is -1.62. The van der Waals surface area contributed by atoms with Gasteiger partial charge in [0.1, 0.15) is 5.69 Å². The Morgan fingerprint density at radius 2 is 2.17 bits per heavy atom. The standard InChI is InChI=1S/C13H19N3O2/c1-10-4-2-5-12(13(10)16(17)18)15-9-3-8-14-11-6-7-11/h2,4-5,11,14-15H,3,6-9H2,1H3. The lowest BCUT2D eigenvalue weighted by Gasteiger charge is -2.08. The second-order valence-electron chi connectivity index (χ2n) is 4.74. The third-order valence-corrected chi connectivity index (χ3v) is 3.10. The van der Waals surface area contributed by atoms with Crippen molar-refractivity contribution in [3.8, 4) is 0 Å². The number of anilines is 1. The van der Waals surface area contributed by atoms with Gasteiger partial charge in [0.25, 0.3) is 5.69 Å². The first-order chi connectivity index (χ1) is 8.68. The fourth-order valence-corrected chi connectivity index (χ4v) is 1.95. The molecule has 18 heavy (non-hydrogen) atoms. The highest BCUT2D eigenvalue weighted by atomic mass is 16.6. The Balaban J connectivity index is 1.83. The number of rotatable bonds is 7. The summed E-state index contributed by atoms with van der Waals surface area (Å²) in [7, 11) is 0. The van der Waals surface area contributed by atoms with Crippen LogP contribution in [0.1, 0.15) is 24.8 Å². The zero-order valence-corrected chi connectivity index (χ0v) is 10.6. The van der Waals surface area contributed by atoms with Gasteiger partial charge in [-0.15, -0.1) is 0 Å². The molecule has 1 saturated carbocycles. The Bertz CT molecular complexity index is 430. The first-order valence-electron chi connectivity index (χ1n) is 6.40. The van der Waals surface area contributed by atoms with Crippen LogP contribution in [0, 0.1) is 17.0 Å². The molecule has 0 aromatic heterocycles. The molecule has 1 aliphatic carbocycles. The minimum Gasteiger partial charge on any atom is -0.379 e. The molecule has 98 valence electrons. The number of benzene rings is 1. The second-order valence-corrected chi connectivity index (χ2v) is 4.74. The van der Waals surface area contributed by atoms with Gasteiger partial charge in [-0.05, 0) is 38.8 Å². The third kappa shape index (κ3) is 3.43. The number of hydrogen-bond donors (Lipinski definition) is 2. The molecule has 0 aliphatic heterocycles. The van der Waals surface area contributed by atoms with Gasteiger partial charge in [-0.1, -0.05) is 12.1 Å². The molecule has 0 unspecified atom stereocenters. The number of aryl methyl sites for hydroxylation is 1. The number of nitro benzene ring substituents is 1. The van der Waals surface area contributed by atoms with E-state index in [9.17, 15) is 10.1 Å². The molecule has 1 fully saturated rings. The van der Waals surface area contributed by atoms with E-state index >= 15 is 0 Å². The highest BCUT2D eigenvalue weighted by Gasteiger charge is 2.19. The fraction of sp³-hybridized carbons (Fsp3) is 0.538. The summed E-state index contributed by atoms with van der Waals surface area (Å²) in [6.45, 7) is 3.49. The van der Waals surface area contributed by atoms with Crippen LogP contribution in [0.3, 0.4) is 0 Å². The summed E-state index contributed by atoms with van der Waals surface area (Å²) in [5.74, 6) is 0. The molecule has 0 saturated heterocycles. The van der Waals surface area contributed by atoms with Crippen LogP contribution in [-0.4, -0.2) is 24.1 Å². The molecule has 0 atom stereocenters. The van der Waals surface area contributed by atoms with Crippen molar-refractivity contribution in [1.82, 2.24) is 5.32 Å². The first-order valence-corrected chi connectivity index (χ1v) is 6.40. The molecule has 1 aliphatic rings. The molecule has 1 aromatic rings. The lowest BCUT2D eigenvalue weighted by Crippen LogP contribution is -2.20. The van der Waals surface area contributed by atoms with Gasteiger partial charge in [0.05, 0.1) is 4.92 Å². The summed E-state index contributed by atoms with van der Waals surface area (Å²) >= 11 is 0. The van der Waals surface area contributed by atoms with Crippen molar-refractivity contribution >= 4 is 11.4 Å². The van der Waals surface area contributed by atoms with E-state index in [0.29, 0.717) is 11.3 Å². The topological polar surface area (TPSA) is 67.2 Å². The average Bonchev–Trinajstić information content (AvgIpc) is 3.12. The maximum atomic E-state index is 11.0. The largest absolute Gasteiger partial charge is 0.379 e. The lowest BCUT2D eigenvalue weighted by molar-refractivity contribution is -0.384. The Kier molecular flexibility index (Phi) is 4.15. The van der Waals surface area contributed by atoms with E-state index in [1.807, 2.05) is 6.07 Å². The van der Waals surface area contributed by atoms with Gasteiger partial charge in [-0.25, -0.2) is 0 Å². The summed E-state index contributed by atoms with van der Waals surface area (Å²) in [6.07, 6.45) is 3.55. The molecule has 2 N–H and O–H groups in total. The molecule has 0 radical (unpaired) electrons. The van der Waals surface area contributed by atoms with E-state index < -0.39 is 0 Å². The van der Waals surface area contributed by atoms with Crippen LogP contribution in [0.25, 0.3) is 0 Å². The first kappa shape index (κ1) is 12.8. The molecule has 1 aromatic carbocycles. The normalized spacial score (nSPS) is 14.5. The number of nitro groups is 1. The molecular formula is C13H19N3O2. The number of nitrogens with one attached hydrogen (secondary N) is 2. The van der Waals surface area contributed by atoms with Crippen molar-refractivity contribution in [2.24, 2.45) is 0 Å². The van der Waals surface area contributed by atoms with E-state index in [0.717, 1.165) is 25.6 Å². The minimum atomic E-state index is -0.319. The summed E-state index contributed by atoms with van der Waals surface area (Å²) in [6, 6.07) is 6.09. The molecule has 0 bridgehead atoms. The van der Waals surface area contributed by atoms with Crippen LogP contribution in [0.4, 0.5) is 11.4 Å². The Morgan fingerprint density at radius 3 is 2.83 bits per heavy atom. The molecule has 5 heteroatoms. The zero-order valence-electron chi connectivity index (χ0n) is 10.6.